The Morgan fingerprint density at radius 2 is 1.91 bits per heavy atom. The number of nitrogens with one attached hydrogen (secondary N) is 1. The number of benzene rings is 1. The molecule has 1 rings (SSSR count). The quantitative estimate of drug-likeness (QED) is 0.454. The van der Waals surface area contributed by atoms with Crippen LogP contribution in [0.2, 0.25) is 0 Å². The molecule has 3 heteroatoms. The van der Waals surface area contributed by atoms with E-state index in [0.29, 0.717) is 11.1 Å². The predicted molar refractivity (Wildman–Crippen MR) is 38.0 cm³/mol. The molecule has 0 fully saturated rings. The van der Waals surface area contributed by atoms with E-state index in [9.17, 15) is 5.11 Å². The Hall–Kier alpha value is -1.82. The molecule has 0 aliphatic carbocycles. The van der Waals surface area contributed by atoms with Gasteiger partial charge in [-0.3, -0.25) is 0 Å². The van der Waals surface area contributed by atoms with Gasteiger partial charge in [-0.15, -0.1) is 0 Å². The van der Waals surface area contributed by atoms with Crippen LogP contribution in [0, 0.1) is 16.7 Å². The monoisotopic (exact) mass is 145 g/mol. The number of hydrogen-bond donors (Lipinski definition) is 1. The molecule has 0 heterocycles. The van der Waals surface area contributed by atoms with E-state index in [-0.39, 0.29) is 0 Å². The first-order chi connectivity index (χ1) is 5.24. The van der Waals surface area contributed by atoms with E-state index in [4.69, 9.17) is 10.7 Å². The molecule has 0 radical (unpaired) electrons. The first kappa shape index (κ1) is 7.29. The van der Waals surface area contributed by atoms with Crippen molar-refractivity contribution in [1.82, 2.24) is 0 Å². The minimum absolute atomic E-state index is 0.309. The zero-order valence-electron chi connectivity index (χ0n) is 5.66. The second-order valence-electron chi connectivity index (χ2n) is 2.02. The van der Waals surface area contributed by atoms with Crippen molar-refractivity contribution in [2.24, 2.45) is 0 Å². The van der Waals surface area contributed by atoms with Crippen molar-refractivity contribution in [2.75, 3.05) is 0 Å². The molecule has 0 amide bonds. The van der Waals surface area contributed by atoms with E-state index >= 15 is 0 Å². The van der Waals surface area contributed by atoms with Gasteiger partial charge in [-0.25, -0.2) is 0 Å². The van der Waals surface area contributed by atoms with E-state index in [2.05, 4.69) is 0 Å². The Labute approximate surface area is 64.0 Å². The van der Waals surface area contributed by atoms with Crippen molar-refractivity contribution >= 4 is 5.90 Å². The fourth-order valence-corrected chi connectivity index (χ4v) is 0.696. The van der Waals surface area contributed by atoms with Crippen molar-refractivity contribution in [1.29, 1.82) is 10.7 Å². The average molecular weight is 145 g/mol. The summed E-state index contributed by atoms with van der Waals surface area (Å²) in [6.07, 6.45) is 0. The molecular weight excluding hydrogens is 140 g/mol. The number of nitriles is 1. The van der Waals surface area contributed by atoms with E-state index in [0.717, 1.165) is 0 Å². The van der Waals surface area contributed by atoms with Gasteiger partial charge in [0, 0.05) is 0 Å². The summed E-state index contributed by atoms with van der Waals surface area (Å²) in [6, 6.07) is 7.88. The molecule has 1 N–H and O–H groups in total. The molecule has 0 atom stereocenters. The molecule has 0 unspecified atom stereocenters. The molecule has 0 spiro atoms. The van der Waals surface area contributed by atoms with Crippen LogP contribution in [0.1, 0.15) is 11.1 Å². The first-order valence-electron chi connectivity index (χ1n) is 3.00. The van der Waals surface area contributed by atoms with E-state index in [1.807, 2.05) is 6.07 Å². The molecule has 3 nitrogen and oxygen atoms in total. The minimum Gasteiger partial charge on any atom is -0.859 e. The van der Waals surface area contributed by atoms with Gasteiger partial charge in [0.1, 0.15) is 0 Å². The third-order valence-corrected chi connectivity index (χ3v) is 1.28. The second-order valence-corrected chi connectivity index (χ2v) is 2.02. The molecule has 0 aromatic heterocycles. The van der Waals surface area contributed by atoms with Gasteiger partial charge in [-0.2, -0.15) is 5.26 Å². The lowest BCUT2D eigenvalue weighted by atomic mass is 10.1. The summed E-state index contributed by atoms with van der Waals surface area (Å²) in [6.45, 7) is 0. The third-order valence-electron chi connectivity index (χ3n) is 1.28. The molecule has 0 bridgehead atoms. The van der Waals surface area contributed by atoms with Gasteiger partial charge in [0.25, 0.3) is 0 Å². The molecule has 1 aromatic rings. The average Bonchev–Trinajstić information content (AvgIpc) is 2.05. The molecule has 0 aliphatic rings. The smallest absolute Gasteiger partial charge is 0.0991 e. The van der Waals surface area contributed by atoms with Crippen LogP contribution in [-0.4, -0.2) is 5.90 Å². The molecule has 54 valence electrons. The van der Waals surface area contributed by atoms with Gasteiger partial charge in [-0.1, -0.05) is 12.1 Å². The van der Waals surface area contributed by atoms with Crippen molar-refractivity contribution in [3.63, 3.8) is 0 Å². The van der Waals surface area contributed by atoms with Crippen LogP contribution in [0.15, 0.2) is 24.3 Å². The van der Waals surface area contributed by atoms with Crippen LogP contribution in [0.3, 0.4) is 0 Å². The SMILES string of the molecule is N#Cc1ccc(C(=N)[O-])cc1. The van der Waals surface area contributed by atoms with Gasteiger partial charge >= 0.3 is 0 Å². The highest BCUT2D eigenvalue weighted by molar-refractivity contribution is 5.87. The Morgan fingerprint density at radius 1 is 1.36 bits per heavy atom. The van der Waals surface area contributed by atoms with Crippen LogP contribution in [-0.2, 0) is 0 Å². The van der Waals surface area contributed by atoms with Crippen LogP contribution in [0.4, 0.5) is 0 Å². The number of nitrogens with zero attached hydrogens (tertiary/aromatic N) is 1. The molecule has 0 saturated heterocycles. The van der Waals surface area contributed by atoms with Crippen LogP contribution in [0.25, 0.3) is 0 Å². The van der Waals surface area contributed by atoms with Crippen LogP contribution < -0.4 is 5.11 Å². The maximum atomic E-state index is 10.4. The normalized spacial score (nSPS) is 8.64. The largest absolute Gasteiger partial charge is 0.859 e. The summed E-state index contributed by atoms with van der Waals surface area (Å²) in [5.41, 5.74) is 0.805. The van der Waals surface area contributed by atoms with Gasteiger partial charge in [-0.05, 0) is 23.6 Å². The van der Waals surface area contributed by atoms with Crippen molar-refractivity contribution in [3.8, 4) is 6.07 Å². The fourth-order valence-electron chi connectivity index (χ4n) is 0.696. The topological polar surface area (TPSA) is 70.7 Å². The van der Waals surface area contributed by atoms with Crippen molar-refractivity contribution in [3.05, 3.63) is 35.4 Å². The summed E-state index contributed by atoms with van der Waals surface area (Å²) in [5, 5.41) is 25.5. The van der Waals surface area contributed by atoms with Gasteiger partial charge in [0.05, 0.1) is 11.6 Å². The summed E-state index contributed by atoms with van der Waals surface area (Å²) in [5.74, 6) is -0.727. The minimum atomic E-state index is -0.727. The Kier molecular flexibility index (Phi) is 1.88. The molecule has 1 aromatic carbocycles. The first-order valence-corrected chi connectivity index (χ1v) is 3.00. The van der Waals surface area contributed by atoms with Crippen LogP contribution >= 0.6 is 0 Å². The standard InChI is InChI=1S/C8H6N2O/c9-5-6-1-3-7(4-2-6)8(10)11/h1-4H,(H2,10,11)/p-1. The maximum Gasteiger partial charge on any atom is 0.0991 e. The summed E-state index contributed by atoms with van der Waals surface area (Å²) < 4.78 is 0. The van der Waals surface area contributed by atoms with Gasteiger partial charge in [0.15, 0.2) is 0 Å². The second kappa shape index (κ2) is 2.84. The van der Waals surface area contributed by atoms with Gasteiger partial charge in [0.2, 0.25) is 0 Å². The van der Waals surface area contributed by atoms with Crippen molar-refractivity contribution in [2.45, 2.75) is 0 Å². The molecular formula is C8H5N2O-. The maximum absolute atomic E-state index is 10.4. The lowest BCUT2D eigenvalue weighted by Gasteiger charge is -2.05. The zero-order valence-corrected chi connectivity index (χ0v) is 5.66. The van der Waals surface area contributed by atoms with Crippen LogP contribution in [0.5, 0.6) is 0 Å². The lowest BCUT2D eigenvalue weighted by molar-refractivity contribution is -0.214. The number of rotatable bonds is 1. The zero-order chi connectivity index (χ0) is 8.27. The van der Waals surface area contributed by atoms with E-state index in [1.54, 1.807) is 0 Å². The van der Waals surface area contributed by atoms with E-state index in [1.165, 1.54) is 24.3 Å². The van der Waals surface area contributed by atoms with Crippen molar-refractivity contribution < 1.29 is 5.11 Å². The van der Waals surface area contributed by atoms with E-state index < -0.39 is 5.90 Å². The highest BCUT2D eigenvalue weighted by atomic mass is 16.3. The predicted octanol–water partition coefficient (Wildman–Crippen LogP) is 0.244. The highest BCUT2D eigenvalue weighted by Gasteiger charge is 1.90. The summed E-state index contributed by atoms with van der Waals surface area (Å²) in [4.78, 5) is 0. The Morgan fingerprint density at radius 3 is 2.27 bits per heavy atom. The Bertz CT molecular complexity index is 308. The van der Waals surface area contributed by atoms with Gasteiger partial charge < -0.3 is 10.5 Å². The Balaban J connectivity index is 3.03. The summed E-state index contributed by atoms with van der Waals surface area (Å²) in [7, 11) is 0. The summed E-state index contributed by atoms with van der Waals surface area (Å²) >= 11 is 0. The fraction of sp³-hybridized carbons (Fsp3) is 0. The third kappa shape index (κ3) is 1.55. The molecule has 0 aliphatic heterocycles. The molecule has 0 saturated carbocycles. The highest BCUT2D eigenvalue weighted by Crippen LogP contribution is 2.01. The molecule has 11 heavy (non-hydrogen) atoms. The lowest BCUT2D eigenvalue weighted by Crippen LogP contribution is -2.16. The number of hydrogen-bond acceptors (Lipinski definition) is 3.